The van der Waals surface area contributed by atoms with E-state index in [9.17, 15) is 4.79 Å². The van der Waals surface area contributed by atoms with Gasteiger partial charge in [0.15, 0.2) is 5.82 Å². The minimum absolute atomic E-state index is 0.0713. The standard InChI is InChI=1S/C16H21N3O3/c1-16(2,3)12-9-13(19-18-12)17-15(20)14-10(21-4)7-6-8-11(14)22-5/h6-9H,1-5H3,(H2,17,18,19,20). The molecule has 0 atom stereocenters. The van der Waals surface area contributed by atoms with Crippen molar-refractivity contribution in [3.63, 3.8) is 0 Å². The van der Waals surface area contributed by atoms with Gasteiger partial charge in [-0.3, -0.25) is 9.89 Å². The molecule has 1 heterocycles. The molecular formula is C16H21N3O3. The van der Waals surface area contributed by atoms with Gasteiger partial charge in [0.05, 0.1) is 14.2 Å². The Kier molecular flexibility index (Phi) is 4.40. The number of ether oxygens (including phenoxy) is 2. The van der Waals surface area contributed by atoms with Gasteiger partial charge < -0.3 is 14.8 Å². The molecule has 1 aromatic heterocycles. The second kappa shape index (κ2) is 6.09. The smallest absolute Gasteiger partial charge is 0.264 e. The summed E-state index contributed by atoms with van der Waals surface area (Å²) in [7, 11) is 3.02. The van der Waals surface area contributed by atoms with Gasteiger partial charge in [0.2, 0.25) is 0 Å². The van der Waals surface area contributed by atoms with Gasteiger partial charge in [-0.15, -0.1) is 0 Å². The van der Waals surface area contributed by atoms with E-state index in [1.165, 1.54) is 14.2 Å². The molecule has 118 valence electrons. The van der Waals surface area contributed by atoms with Crippen LogP contribution in [0.1, 0.15) is 36.8 Å². The largest absolute Gasteiger partial charge is 0.496 e. The molecule has 0 aliphatic carbocycles. The van der Waals surface area contributed by atoms with Crippen molar-refractivity contribution in [1.29, 1.82) is 0 Å². The number of nitrogens with zero attached hydrogens (tertiary/aromatic N) is 1. The number of methoxy groups -OCH3 is 2. The summed E-state index contributed by atoms with van der Waals surface area (Å²) in [4.78, 5) is 12.5. The summed E-state index contributed by atoms with van der Waals surface area (Å²) >= 11 is 0. The SMILES string of the molecule is COc1cccc(OC)c1C(=O)Nc1cc(C(C)(C)C)[nH]n1. The summed E-state index contributed by atoms with van der Waals surface area (Å²) in [6, 6.07) is 7.01. The fraction of sp³-hybridized carbons (Fsp3) is 0.375. The normalized spacial score (nSPS) is 11.1. The zero-order valence-corrected chi connectivity index (χ0v) is 13.5. The van der Waals surface area contributed by atoms with Gasteiger partial charge in [-0.1, -0.05) is 26.8 Å². The Morgan fingerprint density at radius 3 is 2.23 bits per heavy atom. The predicted octanol–water partition coefficient (Wildman–Crippen LogP) is 2.98. The Labute approximate surface area is 129 Å². The lowest BCUT2D eigenvalue weighted by atomic mass is 9.92. The first kappa shape index (κ1) is 15.9. The molecule has 0 saturated heterocycles. The first-order valence-corrected chi connectivity index (χ1v) is 6.95. The molecule has 6 nitrogen and oxygen atoms in total. The van der Waals surface area contributed by atoms with E-state index in [4.69, 9.17) is 9.47 Å². The number of rotatable bonds is 4. The molecule has 0 saturated carbocycles. The number of carbonyl (C=O) groups excluding carboxylic acids is 1. The molecule has 1 amide bonds. The van der Waals surface area contributed by atoms with Crippen molar-refractivity contribution < 1.29 is 14.3 Å². The van der Waals surface area contributed by atoms with Crippen molar-refractivity contribution in [3.05, 3.63) is 35.5 Å². The summed E-state index contributed by atoms with van der Waals surface area (Å²) in [5.41, 5.74) is 1.21. The third-order valence-electron chi connectivity index (χ3n) is 3.28. The second-order valence-corrected chi connectivity index (χ2v) is 5.91. The van der Waals surface area contributed by atoms with Crippen molar-refractivity contribution >= 4 is 11.7 Å². The maximum atomic E-state index is 12.5. The van der Waals surface area contributed by atoms with E-state index in [-0.39, 0.29) is 11.3 Å². The third kappa shape index (κ3) is 3.21. The van der Waals surface area contributed by atoms with E-state index in [2.05, 4.69) is 36.3 Å². The molecule has 2 rings (SSSR count). The van der Waals surface area contributed by atoms with Crippen LogP contribution in [0.4, 0.5) is 5.82 Å². The molecule has 0 bridgehead atoms. The summed E-state index contributed by atoms with van der Waals surface area (Å²) in [5, 5.41) is 9.81. The van der Waals surface area contributed by atoms with Crippen LogP contribution >= 0.6 is 0 Å². The van der Waals surface area contributed by atoms with E-state index in [0.29, 0.717) is 22.9 Å². The fourth-order valence-corrected chi connectivity index (χ4v) is 2.02. The van der Waals surface area contributed by atoms with E-state index >= 15 is 0 Å². The van der Waals surface area contributed by atoms with E-state index < -0.39 is 0 Å². The van der Waals surface area contributed by atoms with Crippen LogP contribution in [0, 0.1) is 0 Å². The van der Waals surface area contributed by atoms with E-state index in [1.807, 2.05) is 6.07 Å². The number of hydrogen-bond donors (Lipinski definition) is 2. The van der Waals surface area contributed by atoms with Gasteiger partial charge in [0.25, 0.3) is 5.91 Å². The monoisotopic (exact) mass is 303 g/mol. The van der Waals surface area contributed by atoms with Crippen LogP contribution in [0.3, 0.4) is 0 Å². The van der Waals surface area contributed by atoms with Crippen molar-refractivity contribution in [2.45, 2.75) is 26.2 Å². The molecule has 0 aliphatic heterocycles. The number of benzene rings is 1. The lowest BCUT2D eigenvalue weighted by Crippen LogP contribution is -2.15. The number of aromatic amines is 1. The van der Waals surface area contributed by atoms with E-state index in [1.54, 1.807) is 18.2 Å². The number of nitrogens with one attached hydrogen (secondary N) is 2. The molecular weight excluding hydrogens is 282 g/mol. The number of hydrogen-bond acceptors (Lipinski definition) is 4. The average molecular weight is 303 g/mol. The molecule has 6 heteroatoms. The highest BCUT2D eigenvalue weighted by atomic mass is 16.5. The molecule has 2 N–H and O–H groups in total. The average Bonchev–Trinajstić information content (AvgIpc) is 2.94. The molecule has 1 aromatic carbocycles. The summed E-state index contributed by atoms with van der Waals surface area (Å²) in [6.45, 7) is 6.19. The third-order valence-corrected chi connectivity index (χ3v) is 3.28. The molecule has 0 aliphatic rings. The Bertz CT molecular complexity index is 649. The highest BCUT2D eigenvalue weighted by Gasteiger charge is 2.21. The molecule has 2 aromatic rings. The van der Waals surface area contributed by atoms with Crippen LogP contribution in [0.2, 0.25) is 0 Å². The van der Waals surface area contributed by atoms with Gasteiger partial charge in [-0.2, -0.15) is 5.10 Å². The fourth-order valence-electron chi connectivity index (χ4n) is 2.02. The number of anilines is 1. The highest BCUT2D eigenvalue weighted by Crippen LogP contribution is 2.29. The van der Waals surface area contributed by atoms with Crippen molar-refractivity contribution in [2.24, 2.45) is 0 Å². The van der Waals surface area contributed by atoms with Gasteiger partial charge in [-0.25, -0.2) is 0 Å². The van der Waals surface area contributed by atoms with Crippen LogP contribution in [-0.4, -0.2) is 30.3 Å². The van der Waals surface area contributed by atoms with Gasteiger partial charge in [-0.05, 0) is 12.1 Å². The van der Waals surface area contributed by atoms with Gasteiger partial charge in [0.1, 0.15) is 17.1 Å². The molecule has 0 radical (unpaired) electrons. The van der Waals surface area contributed by atoms with Crippen molar-refractivity contribution in [3.8, 4) is 11.5 Å². The molecule has 0 spiro atoms. The second-order valence-electron chi connectivity index (χ2n) is 5.91. The first-order chi connectivity index (χ1) is 10.4. The Hall–Kier alpha value is -2.50. The topological polar surface area (TPSA) is 76.2 Å². The maximum Gasteiger partial charge on any atom is 0.264 e. The molecule has 22 heavy (non-hydrogen) atoms. The zero-order chi connectivity index (χ0) is 16.3. The Morgan fingerprint density at radius 1 is 1.18 bits per heavy atom. The highest BCUT2D eigenvalue weighted by molar-refractivity contribution is 6.07. The van der Waals surface area contributed by atoms with E-state index in [0.717, 1.165) is 5.69 Å². The van der Waals surface area contributed by atoms with Gasteiger partial charge in [0, 0.05) is 17.2 Å². The quantitative estimate of drug-likeness (QED) is 0.910. The van der Waals surface area contributed by atoms with Crippen LogP contribution in [0.5, 0.6) is 11.5 Å². The number of amides is 1. The summed E-state index contributed by atoms with van der Waals surface area (Å²) in [5.74, 6) is 1.02. The number of aromatic nitrogens is 2. The Balaban J connectivity index is 2.28. The number of carbonyl (C=O) groups is 1. The van der Waals surface area contributed by atoms with Gasteiger partial charge >= 0.3 is 0 Å². The Morgan fingerprint density at radius 2 is 1.77 bits per heavy atom. The first-order valence-electron chi connectivity index (χ1n) is 6.95. The van der Waals surface area contributed by atoms with Crippen molar-refractivity contribution in [2.75, 3.05) is 19.5 Å². The predicted molar refractivity (Wildman–Crippen MR) is 84.8 cm³/mol. The van der Waals surface area contributed by atoms with Crippen LogP contribution < -0.4 is 14.8 Å². The lowest BCUT2D eigenvalue weighted by Gasteiger charge is -2.14. The maximum absolute atomic E-state index is 12.5. The van der Waals surface area contributed by atoms with Crippen LogP contribution in [0.25, 0.3) is 0 Å². The van der Waals surface area contributed by atoms with Crippen LogP contribution in [-0.2, 0) is 5.41 Å². The molecule has 0 unspecified atom stereocenters. The molecule has 0 fully saturated rings. The zero-order valence-electron chi connectivity index (χ0n) is 13.5. The van der Waals surface area contributed by atoms with Crippen LogP contribution in [0.15, 0.2) is 24.3 Å². The lowest BCUT2D eigenvalue weighted by molar-refractivity contribution is 0.102. The van der Waals surface area contributed by atoms with Crippen molar-refractivity contribution in [1.82, 2.24) is 10.2 Å². The summed E-state index contributed by atoms with van der Waals surface area (Å²) < 4.78 is 10.5. The number of H-pyrrole nitrogens is 1. The minimum Gasteiger partial charge on any atom is -0.496 e. The summed E-state index contributed by atoms with van der Waals surface area (Å²) in [6.07, 6.45) is 0. The minimum atomic E-state index is -0.332.